The van der Waals surface area contributed by atoms with E-state index in [1.54, 1.807) is 6.07 Å². The maximum absolute atomic E-state index is 11.9. The molecule has 2 rings (SSSR count). The van der Waals surface area contributed by atoms with Crippen LogP contribution in [0.4, 0.5) is 0 Å². The molecule has 5 nitrogen and oxygen atoms in total. The van der Waals surface area contributed by atoms with Gasteiger partial charge < -0.3 is 14.6 Å². The van der Waals surface area contributed by atoms with E-state index in [1.807, 2.05) is 6.92 Å². The fraction of sp³-hybridized carbons (Fsp3) is 0.706. The molecular weight excluding hydrogens is 278 g/mol. The third kappa shape index (κ3) is 4.34. The molecule has 0 spiro atoms. The maximum Gasteiger partial charge on any atom is 0.223 e. The van der Waals surface area contributed by atoms with E-state index in [4.69, 9.17) is 0 Å². The van der Waals surface area contributed by atoms with Crippen molar-refractivity contribution in [2.45, 2.75) is 45.7 Å². The highest BCUT2D eigenvalue weighted by molar-refractivity contribution is 5.29. The van der Waals surface area contributed by atoms with E-state index < -0.39 is 0 Å². The Balaban J connectivity index is 2.14. The molecule has 5 heteroatoms. The summed E-state index contributed by atoms with van der Waals surface area (Å²) in [5, 5.41) is 10.2. The van der Waals surface area contributed by atoms with Crippen molar-refractivity contribution in [2.24, 2.45) is 0 Å². The number of aromatic hydroxyl groups is 1. The van der Waals surface area contributed by atoms with Crippen LogP contribution in [-0.2, 0) is 13.1 Å². The van der Waals surface area contributed by atoms with Gasteiger partial charge in [0.25, 0.3) is 0 Å². The fourth-order valence-electron chi connectivity index (χ4n) is 3.14. The third-order valence-corrected chi connectivity index (χ3v) is 4.41. The molecule has 0 bridgehead atoms. The first kappa shape index (κ1) is 17.0. The summed E-state index contributed by atoms with van der Waals surface area (Å²) in [6, 6.07) is 1.55. The van der Waals surface area contributed by atoms with Gasteiger partial charge in [0.15, 0.2) is 5.75 Å². The minimum absolute atomic E-state index is 0.0647. The smallest absolute Gasteiger partial charge is 0.223 e. The monoisotopic (exact) mass is 307 g/mol. The number of unbranched alkanes of at least 4 members (excludes halogenated alkanes) is 1. The molecule has 1 saturated heterocycles. The molecular formula is C17H29N3O2. The Labute approximate surface area is 133 Å². The third-order valence-electron chi connectivity index (χ3n) is 4.41. The molecule has 22 heavy (non-hydrogen) atoms. The van der Waals surface area contributed by atoms with Crippen molar-refractivity contribution in [1.29, 1.82) is 0 Å². The Bertz CT molecular complexity index is 546. The highest BCUT2D eigenvalue weighted by Crippen LogP contribution is 2.20. The first-order valence-corrected chi connectivity index (χ1v) is 8.28. The van der Waals surface area contributed by atoms with Crippen LogP contribution in [0.3, 0.4) is 0 Å². The number of hydrogen-bond acceptors (Lipinski definition) is 4. The van der Waals surface area contributed by atoms with E-state index in [0.29, 0.717) is 6.54 Å². The predicted molar refractivity (Wildman–Crippen MR) is 89.4 cm³/mol. The van der Waals surface area contributed by atoms with Gasteiger partial charge in [0, 0.05) is 24.8 Å². The summed E-state index contributed by atoms with van der Waals surface area (Å²) in [7, 11) is 4.16. The van der Waals surface area contributed by atoms with Crippen LogP contribution >= 0.6 is 0 Å². The van der Waals surface area contributed by atoms with Crippen LogP contribution in [0.25, 0.3) is 0 Å². The van der Waals surface area contributed by atoms with Gasteiger partial charge in [0.1, 0.15) is 0 Å². The molecule has 1 aliphatic heterocycles. The van der Waals surface area contributed by atoms with Gasteiger partial charge in [0.2, 0.25) is 5.43 Å². The summed E-state index contributed by atoms with van der Waals surface area (Å²) < 4.78 is 2.13. The lowest BCUT2D eigenvalue weighted by Gasteiger charge is -2.22. The molecule has 124 valence electrons. The van der Waals surface area contributed by atoms with Crippen LogP contribution < -0.4 is 5.43 Å². The zero-order valence-electron chi connectivity index (χ0n) is 14.1. The van der Waals surface area contributed by atoms with Crippen molar-refractivity contribution in [2.75, 3.05) is 33.7 Å². The number of aromatic nitrogens is 1. The summed E-state index contributed by atoms with van der Waals surface area (Å²) >= 11 is 0. The normalized spacial score (nSPS) is 15.8. The number of pyridine rings is 1. The Hall–Kier alpha value is -1.33. The van der Waals surface area contributed by atoms with Crippen LogP contribution in [0.2, 0.25) is 0 Å². The van der Waals surface area contributed by atoms with E-state index in [1.165, 1.54) is 12.8 Å². The van der Waals surface area contributed by atoms with Crippen molar-refractivity contribution >= 4 is 0 Å². The Morgan fingerprint density at radius 2 is 1.91 bits per heavy atom. The Morgan fingerprint density at radius 1 is 1.23 bits per heavy atom. The number of rotatable bonds is 7. The molecule has 0 saturated carbocycles. The van der Waals surface area contributed by atoms with Crippen LogP contribution in [0.15, 0.2) is 10.9 Å². The predicted octanol–water partition coefficient (Wildman–Crippen LogP) is 1.80. The second-order valence-electron chi connectivity index (χ2n) is 6.59. The number of hydrogen-bond donors (Lipinski definition) is 1. The molecule has 0 amide bonds. The van der Waals surface area contributed by atoms with Crippen molar-refractivity contribution in [1.82, 2.24) is 14.4 Å². The van der Waals surface area contributed by atoms with E-state index in [2.05, 4.69) is 28.5 Å². The van der Waals surface area contributed by atoms with Gasteiger partial charge in [-0.05, 0) is 66.3 Å². The Morgan fingerprint density at radius 3 is 2.55 bits per heavy atom. The second-order valence-corrected chi connectivity index (χ2v) is 6.59. The van der Waals surface area contributed by atoms with Crippen molar-refractivity contribution in [3.05, 3.63) is 27.7 Å². The molecule has 0 atom stereocenters. The van der Waals surface area contributed by atoms with E-state index >= 15 is 0 Å². The number of aryl methyl sites for hydroxylation is 1. The lowest BCUT2D eigenvalue weighted by molar-refractivity contribution is 0.307. The summed E-state index contributed by atoms with van der Waals surface area (Å²) in [5.74, 6) is -0.0647. The van der Waals surface area contributed by atoms with Gasteiger partial charge in [-0.3, -0.25) is 9.69 Å². The minimum atomic E-state index is -0.253. The van der Waals surface area contributed by atoms with Gasteiger partial charge in [0.05, 0.1) is 5.69 Å². The highest BCUT2D eigenvalue weighted by atomic mass is 16.3. The maximum atomic E-state index is 11.9. The molecule has 1 aromatic rings. The van der Waals surface area contributed by atoms with Crippen LogP contribution in [-0.4, -0.2) is 53.2 Å². The van der Waals surface area contributed by atoms with E-state index in [-0.39, 0.29) is 11.2 Å². The molecule has 0 aliphatic carbocycles. The zero-order chi connectivity index (χ0) is 16.1. The molecule has 1 N–H and O–H groups in total. The molecule has 1 aliphatic rings. The standard InChI is InChI=1S/C17H29N3O2/c1-14-12-16(21)17(22)15(13-19-9-5-6-10-19)20(14)11-7-4-8-18(2)3/h12,22H,4-11,13H2,1-3H3. The highest BCUT2D eigenvalue weighted by Gasteiger charge is 2.18. The summed E-state index contributed by atoms with van der Waals surface area (Å²) in [4.78, 5) is 16.4. The minimum Gasteiger partial charge on any atom is -0.503 e. The lowest BCUT2D eigenvalue weighted by Crippen LogP contribution is -2.25. The van der Waals surface area contributed by atoms with Crippen molar-refractivity contribution in [3.8, 4) is 5.75 Å². The first-order chi connectivity index (χ1) is 10.5. The molecule has 0 aromatic carbocycles. The van der Waals surface area contributed by atoms with Gasteiger partial charge in [-0.2, -0.15) is 0 Å². The van der Waals surface area contributed by atoms with Crippen molar-refractivity contribution < 1.29 is 5.11 Å². The van der Waals surface area contributed by atoms with Crippen LogP contribution in [0.1, 0.15) is 37.1 Å². The van der Waals surface area contributed by atoms with Crippen LogP contribution in [0.5, 0.6) is 5.75 Å². The van der Waals surface area contributed by atoms with Gasteiger partial charge in [-0.1, -0.05) is 0 Å². The van der Waals surface area contributed by atoms with Crippen LogP contribution in [0, 0.1) is 6.92 Å². The number of nitrogens with zero attached hydrogens (tertiary/aromatic N) is 3. The molecule has 1 fully saturated rings. The molecule has 0 unspecified atom stereocenters. The van der Waals surface area contributed by atoms with Gasteiger partial charge in [-0.15, -0.1) is 0 Å². The largest absolute Gasteiger partial charge is 0.503 e. The molecule has 0 radical (unpaired) electrons. The average molecular weight is 307 g/mol. The topological polar surface area (TPSA) is 48.7 Å². The SMILES string of the molecule is Cc1cc(=O)c(O)c(CN2CCCC2)n1CCCCN(C)C. The first-order valence-electron chi connectivity index (χ1n) is 8.28. The van der Waals surface area contributed by atoms with E-state index in [9.17, 15) is 9.90 Å². The Kier molecular flexibility index (Phi) is 6.03. The second kappa shape index (κ2) is 7.79. The average Bonchev–Trinajstić information content (AvgIpc) is 2.96. The summed E-state index contributed by atoms with van der Waals surface area (Å²) in [5.41, 5.74) is 1.48. The van der Waals surface area contributed by atoms with Gasteiger partial charge in [-0.25, -0.2) is 0 Å². The summed E-state index contributed by atoms with van der Waals surface area (Å²) in [6.07, 6.45) is 4.58. The number of likely N-dealkylation sites (tertiary alicyclic amines) is 1. The van der Waals surface area contributed by atoms with E-state index in [0.717, 1.165) is 50.4 Å². The molecule has 2 heterocycles. The fourth-order valence-corrected chi connectivity index (χ4v) is 3.14. The molecule has 1 aromatic heterocycles. The summed E-state index contributed by atoms with van der Waals surface area (Å²) in [6.45, 7) is 6.67. The van der Waals surface area contributed by atoms with Gasteiger partial charge >= 0.3 is 0 Å². The quantitative estimate of drug-likeness (QED) is 0.781. The lowest BCUT2D eigenvalue weighted by atomic mass is 10.2. The zero-order valence-corrected chi connectivity index (χ0v) is 14.1. The van der Waals surface area contributed by atoms with Crippen molar-refractivity contribution in [3.63, 3.8) is 0 Å².